The highest BCUT2D eigenvalue weighted by Gasteiger charge is 2.30. The van der Waals surface area contributed by atoms with Crippen LogP contribution in [0, 0.1) is 5.41 Å². The molecule has 1 aliphatic rings. The van der Waals surface area contributed by atoms with Gasteiger partial charge in [0.2, 0.25) is 0 Å². The zero-order valence-electron chi connectivity index (χ0n) is 17.4. The van der Waals surface area contributed by atoms with Crippen LogP contribution < -0.4 is 0 Å². The van der Waals surface area contributed by atoms with E-state index >= 15 is 0 Å². The molecule has 28 heavy (non-hydrogen) atoms. The molecular weight excluding hydrogens is 348 g/mol. The molecule has 0 aromatic rings. The fraction of sp³-hybridized carbons (Fsp3) is 0.320. The van der Waals surface area contributed by atoms with Gasteiger partial charge in [-0.05, 0) is 44.8 Å². The topological polar surface area (TPSA) is 57.5 Å². The number of allylic oxidation sites excluding steroid dienone is 15. The van der Waals surface area contributed by atoms with Crippen molar-refractivity contribution in [2.24, 2.45) is 5.41 Å². The van der Waals surface area contributed by atoms with Crippen molar-refractivity contribution in [2.45, 2.75) is 47.0 Å². The van der Waals surface area contributed by atoms with Crippen molar-refractivity contribution in [3.63, 3.8) is 0 Å². The monoisotopic (exact) mass is 380 g/mol. The van der Waals surface area contributed by atoms with Gasteiger partial charge in [-0.25, -0.2) is 4.79 Å². The summed E-state index contributed by atoms with van der Waals surface area (Å²) in [5.41, 5.74) is 2.45. The molecule has 0 aromatic carbocycles. The predicted octanol–water partition coefficient (Wildman–Crippen LogP) is 6.77. The first-order valence-electron chi connectivity index (χ1n) is 9.62. The van der Waals surface area contributed by atoms with Crippen LogP contribution in [0.3, 0.4) is 0 Å². The molecule has 0 fully saturated rings. The lowest BCUT2D eigenvalue weighted by atomic mass is 9.72. The van der Waals surface area contributed by atoms with E-state index in [4.69, 9.17) is 5.11 Å². The van der Waals surface area contributed by atoms with Crippen LogP contribution >= 0.6 is 0 Å². The Labute approximate surface area is 169 Å². The molecule has 0 unspecified atom stereocenters. The van der Waals surface area contributed by atoms with Crippen LogP contribution in [0.2, 0.25) is 0 Å². The van der Waals surface area contributed by atoms with Crippen molar-refractivity contribution >= 4 is 5.97 Å². The molecule has 3 heteroatoms. The Balaban J connectivity index is 2.96. The minimum absolute atomic E-state index is 0.198. The molecule has 0 amide bonds. The second kappa shape index (κ2) is 11.8. The molecule has 0 saturated heterocycles. The lowest BCUT2D eigenvalue weighted by molar-refractivity contribution is -0.131. The standard InChI is InChI=1S/C25H32O3/c1-5-6-7-8-9-17-25(4)18-11-14-23(26)22(25)16-15-20(2)12-10-13-21(3)19-24(27)28/h5-10,12-13,15-17,19,26H,11,14,18H2,1-4H3,(H,27,28)/b6-5-,8-7-,13-10+,16-15+,17-9+,20-12+,21-19+/t25-/m0/s1. The SMILES string of the molecule is C\C=C/C=C\C=C\[C@@]1(C)CCCC(O)=C1/C=C/C(C)=C/C=C/C(C)=C/C(=O)O. The van der Waals surface area contributed by atoms with Crippen molar-refractivity contribution in [2.75, 3.05) is 0 Å². The number of carboxylic acid groups (broad SMARTS) is 1. The first-order valence-corrected chi connectivity index (χ1v) is 9.62. The molecule has 0 saturated carbocycles. The van der Waals surface area contributed by atoms with E-state index in [2.05, 4.69) is 13.0 Å². The largest absolute Gasteiger partial charge is 0.512 e. The van der Waals surface area contributed by atoms with Gasteiger partial charge in [0.05, 0.1) is 5.76 Å². The van der Waals surface area contributed by atoms with Crippen molar-refractivity contribution in [1.29, 1.82) is 0 Å². The van der Waals surface area contributed by atoms with Gasteiger partial charge in [0.1, 0.15) is 0 Å². The van der Waals surface area contributed by atoms with Gasteiger partial charge in [-0.1, -0.05) is 79.3 Å². The summed E-state index contributed by atoms with van der Waals surface area (Å²) in [5.74, 6) is -0.494. The maximum absolute atomic E-state index is 10.6. The smallest absolute Gasteiger partial charge is 0.328 e. The van der Waals surface area contributed by atoms with E-state index in [0.29, 0.717) is 17.8 Å². The van der Waals surface area contributed by atoms with E-state index in [-0.39, 0.29) is 5.41 Å². The fourth-order valence-electron chi connectivity index (χ4n) is 3.05. The lowest BCUT2D eigenvalue weighted by Gasteiger charge is -2.32. The Morgan fingerprint density at radius 1 is 1.04 bits per heavy atom. The average Bonchev–Trinajstić information content (AvgIpc) is 2.60. The molecule has 0 radical (unpaired) electrons. The third-order valence-corrected chi connectivity index (χ3v) is 4.61. The van der Waals surface area contributed by atoms with Gasteiger partial charge >= 0.3 is 5.97 Å². The molecule has 2 N–H and O–H groups in total. The highest BCUT2D eigenvalue weighted by atomic mass is 16.4. The van der Waals surface area contributed by atoms with E-state index in [1.165, 1.54) is 6.08 Å². The Bertz CT molecular complexity index is 783. The maximum Gasteiger partial charge on any atom is 0.328 e. The summed E-state index contributed by atoms with van der Waals surface area (Å²) < 4.78 is 0. The van der Waals surface area contributed by atoms with Gasteiger partial charge in [-0.3, -0.25) is 0 Å². The summed E-state index contributed by atoms with van der Waals surface area (Å²) in [5, 5.41) is 19.2. The van der Waals surface area contributed by atoms with Gasteiger partial charge in [-0.2, -0.15) is 0 Å². The summed E-state index contributed by atoms with van der Waals surface area (Å²) in [6.07, 6.45) is 25.5. The molecule has 0 heterocycles. The van der Waals surface area contributed by atoms with Crippen LogP contribution in [0.1, 0.15) is 47.0 Å². The Kier molecular flexibility index (Phi) is 9.80. The first-order chi connectivity index (χ1) is 13.3. The number of aliphatic carboxylic acids is 1. The third kappa shape index (κ3) is 8.26. The molecule has 1 aliphatic carbocycles. The number of carbonyl (C=O) groups is 1. The lowest BCUT2D eigenvalue weighted by Crippen LogP contribution is -2.21. The van der Waals surface area contributed by atoms with Crippen molar-refractivity contribution in [3.8, 4) is 0 Å². The Morgan fingerprint density at radius 2 is 1.75 bits per heavy atom. The molecule has 150 valence electrons. The summed E-state index contributed by atoms with van der Waals surface area (Å²) in [4.78, 5) is 10.6. The third-order valence-electron chi connectivity index (χ3n) is 4.61. The summed E-state index contributed by atoms with van der Waals surface area (Å²) in [7, 11) is 0. The van der Waals surface area contributed by atoms with Crippen LogP contribution in [0.25, 0.3) is 0 Å². The minimum atomic E-state index is -0.949. The molecule has 1 rings (SSSR count). The van der Waals surface area contributed by atoms with Gasteiger partial charge < -0.3 is 10.2 Å². The number of carboxylic acids is 1. The van der Waals surface area contributed by atoms with Gasteiger partial charge in [0, 0.05) is 17.9 Å². The van der Waals surface area contributed by atoms with E-state index < -0.39 is 5.97 Å². The van der Waals surface area contributed by atoms with Crippen molar-refractivity contribution < 1.29 is 15.0 Å². The number of aliphatic hydroxyl groups excluding tert-OH is 1. The van der Waals surface area contributed by atoms with Crippen LogP contribution in [-0.2, 0) is 4.79 Å². The summed E-state index contributed by atoms with van der Waals surface area (Å²) >= 11 is 0. The molecule has 1 atom stereocenters. The number of hydrogen-bond acceptors (Lipinski definition) is 2. The predicted molar refractivity (Wildman–Crippen MR) is 118 cm³/mol. The highest BCUT2D eigenvalue weighted by molar-refractivity contribution is 5.81. The molecule has 0 aliphatic heterocycles. The van der Waals surface area contributed by atoms with E-state index in [9.17, 15) is 9.90 Å². The van der Waals surface area contributed by atoms with Crippen LogP contribution in [0.5, 0.6) is 0 Å². The average molecular weight is 381 g/mol. The molecule has 0 bridgehead atoms. The summed E-state index contributed by atoms with van der Waals surface area (Å²) in [6.45, 7) is 7.86. The quantitative estimate of drug-likeness (QED) is 0.361. The van der Waals surface area contributed by atoms with Crippen LogP contribution in [0.4, 0.5) is 0 Å². The normalized spacial score (nSPS) is 22.7. The van der Waals surface area contributed by atoms with Gasteiger partial charge in [-0.15, -0.1) is 0 Å². The van der Waals surface area contributed by atoms with Crippen molar-refractivity contribution in [1.82, 2.24) is 0 Å². The van der Waals surface area contributed by atoms with E-state index in [1.807, 2.05) is 68.5 Å². The second-order valence-corrected chi connectivity index (χ2v) is 7.23. The van der Waals surface area contributed by atoms with Crippen LogP contribution in [0.15, 0.2) is 95.4 Å². The zero-order chi connectivity index (χ0) is 21.0. The molecular formula is C25H32O3. The number of rotatable bonds is 8. The van der Waals surface area contributed by atoms with Gasteiger partial charge in [0.15, 0.2) is 0 Å². The first kappa shape index (κ1) is 23.2. The number of hydrogen-bond donors (Lipinski definition) is 2. The second-order valence-electron chi connectivity index (χ2n) is 7.23. The minimum Gasteiger partial charge on any atom is -0.512 e. The zero-order valence-corrected chi connectivity index (χ0v) is 17.4. The van der Waals surface area contributed by atoms with E-state index in [0.717, 1.165) is 24.0 Å². The van der Waals surface area contributed by atoms with E-state index in [1.54, 1.807) is 13.0 Å². The van der Waals surface area contributed by atoms with Gasteiger partial charge in [0.25, 0.3) is 0 Å². The molecule has 0 spiro atoms. The highest BCUT2D eigenvalue weighted by Crippen LogP contribution is 2.42. The Morgan fingerprint density at radius 3 is 2.43 bits per heavy atom. The summed E-state index contributed by atoms with van der Waals surface area (Å²) in [6, 6.07) is 0. The van der Waals surface area contributed by atoms with Crippen LogP contribution in [-0.4, -0.2) is 16.2 Å². The maximum atomic E-state index is 10.6. The number of aliphatic hydroxyl groups is 1. The van der Waals surface area contributed by atoms with Crippen molar-refractivity contribution in [3.05, 3.63) is 95.4 Å². The molecule has 0 aromatic heterocycles. The molecule has 3 nitrogen and oxygen atoms in total. The fourth-order valence-corrected chi connectivity index (χ4v) is 3.05. The Hall–Kier alpha value is -2.81.